The van der Waals surface area contributed by atoms with E-state index in [0.717, 1.165) is 18.8 Å². The smallest absolute Gasteiger partial charge is 0.224 e. The molecule has 1 amide bonds. The third-order valence-electron chi connectivity index (χ3n) is 3.72. The highest BCUT2D eigenvalue weighted by molar-refractivity contribution is 5.78. The summed E-state index contributed by atoms with van der Waals surface area (Å²) in [4.78, 5) is 14.2. The van der Waals surface area contributed by atoms with Gasteiger partial charge in [0.1, 0.15) is 5.76 Å². The molecule has 0 saturated carbocycles. The number of carbonyl (C=O) groups excluding carboxylic acids is 1. The summed E-state index contributed by atoms with van der Waals surface area (Å²) in [6, 6.07) is 4.00. The molecule has 1 aliphatic rings. The molecule has 3 N–H and O–H groups in total. The lowest BCUT2D eigenvalue weighted by molar-refractivity contribution is -0.124. The zero-order valence-corrected chi connectivity index (χ0v) is 11.5. The molecule has 5 heteroatoms. The number of hydrogen-bond acceptors (Lipinski definition) is 4. The molecule has 0 aliphatic carbocycles. The molecule has 1 aromatic heterocycles. The molecular weight excluding hydrogens is 242 g/mol. The van der Waals surface area contributed by atoms with Gasteiger partial charge in [0.15, 0.2) is 0 Å². The van der Waals surface area contributed by atoms with E-state index in [0.29, 0.717) is 13.1 Å². The Morgan fingerprint density at radius 2 is 2.26 bits per heavy atom. The lowest BCUT2D eigenvalue weighted by Crippen LogP contribution is -2.40. The van der Waals surface area contributed by atoms with Gasteiger partial charge in [-0.05, 0) is 38.1 Å². The van der Waals surface area contributed by atoms with Crippen LogP contribution in [0.2, 0.25) is 0 Å². The summed E-state index contributed by atoms with van der Waals surface area (Å²) in [7, 11) is 0. The Morgan fingerprint density at radius 3 is 2.84 bits per heavy atom. The Hall–Kier alpha value is -1.33. The van der Waals surface area contributed by atoms with Gasteiger partial charge < -0.3 is 15.5 Å². The summed E-state index contributed by atoms with van der Waals surface area (Å²) >= 11 is 0. The number of rotatable bonds is 6. The molecule has 5 nitrogen and oxygen atoms in total. The second-order valence-corrected chi connectivity index (χ2v) is 5.16. The quantitative estimate of drug-likeness (QED) is 0.809. The van der Waals surface area contributed by atoms with Gasteiger partial charge >= 0.3 is 0 Å². The van der Waals surface area contributed by atoms with Crippen LogP contribution in [0.25, 0.3) is 0 Å². The van der Waals surface area contributed by atoms with Gasteiger partial charge in [-0.3, -0.25) is 9.69 Å². The minimum absolute atomic E-state index is 0.0123. The summed E-state index contributed by atoms with van der Waals surface area (Å²) in [5.41, 5.74) is 5.51. The average molecular weight is 265 g/mol. The van der Waals surface area contributed by atoms with E-state index in [4.69, 9.17) is 10.2 Å². The zero-order valence-electron chi connectivity index (χ0n) is 11.5. The molecule has 1 aliphatic heterocycles. The van der Waals surface area contributed by atoms with E-state index in [1.165, 1.54) is 12.8 Å². The van der Waals surface area contributed by atoms with Crippen molar-refractivity contribution in [3.63, 3.8) is 0 Å². The van der Waals surface area contributed by atoms with Crippen molar-refractivity contribution in [3.05, 3.63) is 24.2 Å². The van der Waals surface area contributed by atoms with E-state index >= 15 is 0 Å². The van der Waals surface area contributed by atoms with Crippen LogP contribution in [0.5, 0.6) is 0 Å². The van der Waals surface area contributed by atoms with E-state index in [9.17, 15) is 4.79 Å². The third kappa shape index (κ3) is 3.58. The highest BCUT2D eigenvalue weighted by Gasteiger charge is 2.26. The van der Waals surface area contributed by atoms with Crippen molar-refractivity contribution >= 4 is 5.91 Å². The van der Waals surface area contributed by atoms with Crippen molar-refractivity contribution in [1.29, 1.82) is 0 Å². The molecule has 0 aromatic carbocycles. The maximum atomic E-state index is 11.8. The molecule has 2 atom stereocenters. The molecular formula is C14H23N3O2. The molecule has 1 saturated heterocycles. The average Bonchev–Trinajstić information content (AvgIpc) is 3.11. The number of carbonyl (C=O) groups is 1. The normalized spacial score (nSPS) is 19.3. The lowest BCUT2D eigenvalue weighted by atomic mass is 10.1. The van der Waals surface area contributed by atoms with Crippen LogP contribution in [-0.2, 0) is 4.79 Å². The Bertz CT molecular complexity index is 385. The summed E-state index contributed by atoms with van der Waals surface area (Å²) < 4.78 is 5.51. The summed E-state index contributed by atoms with van der Waals surface area (Å²) in [6.45, 7) is 4.92. The van der Waals surface area contributed by atoms with Crippen LogP contribution in [0.3, 0.4) is 0 Å². The van der Waals surface area contributed by atoms with E-state index in [1.54, 1.807) is 6.26 Å². The minimum Gasteiger partial charge on any atom is -0.468 e. The van der Waals surface area contributed by atoms with Crippen LogP contribution in [0.15, 0.2) is 22.8 Å². The number of nitrogens with zero attached hydrogens (tertiary/aromatic N) is 1. The van der Waals surface area contributed by atoms with Crippen molar-refractivity contribution in [2.24, 2.45) is 11.7 Å². The first kappa shape index (κ1) is 14.1. The Balaban J connectivity index is 1.96. The lowest BCUT2D eigenvalue weighted by Gasteiger charge is -2.26. The van der Waals surface area contributed by atoms with Gasteiger partial charge in [-0.25, -0.2) is 0 Å². The second kappa shape index (κ2) is 6.73. The maximum Gasteiger partial charge on any atom is 0.224 e. The highest BCUT2D eigenvalue weighted by atomic mass is 16.3. The fourth-order valence-corrected chi connectivity index (χ4v) is 2.42. The number of nitrogens with two attached hydrogens (primary N) is 1. The molecule has 1 aromatic rings. The van der Waals surface area contributed by atoms with E-state index in [1.807, 2.05) is 19.1 Å². The Labute approximate surface area is 114 Å². The monoisotopic (exact) mass is 265 g/mol. The second-order valence-electron chi connectivity index (χ2n) is 5.16. The fourth-order valence-electron chi connectivity index (χ4n) is 2.42. The predicted molar refractivity (Wildman–Crippen MR) is 73.5 cm³/mol. The number of nitrogens with one attached hydrogen (secondary N) is 1. The first-order valence-electron chi connectivity index (χ1n) is 6.97. The van der Waals surface area contributed by atoms with Gasteiger partial charge in [0.2, 0.25) is 5.91 Å². The zero-order chi connectivity index (χ0) is 13.7. The topological polar surface area (TPSA) is 71.5 Å². The molecule has 2 rings (SSSR count). The van der Waals surface area contributed by atoms with Gasteiger partial charge in [-0.15, -0.1) is 0 Å². The van der Waals surface area contributed by atoms with Crippen LogP contribution in [-0.4, -0.2) is 37.0 Å². The largest absolute Gasteiger partial charge is 0.468 e. The maximum absolute atomic E-state index is 11.8. The number of hydrogen-bond donors (Lipinski definition) is 2. The van der Waals surface area contributed by atoms with Crippen LogP contribution in [0.4, 0.5) is 0 Å². The first-order valence-corrected chi connectivity index (χ1v) is 6.97. The first-order chi connectivity index (χ1) is 9.22. The van der Waals surface area contributed by atoms with Crippen LogP contribution in [0, 0.1) is 5.92 Å². The molecule has 0 radical (unpaired) electrons. The Morgan fingerprint density at radius 1 is 1.53 bits per heavy atom. The number of likely N-dealkylation sites (tertiary alicyclic amines) is 1. The number of furan rings is 1. The number of amides is 1. The van der Waals surface area contributed by atoms with Crippen molar-refractivity contribution in [1.82, 2.24) is 10.2 Å². The van der Waals surface area contributed by atoms with E-state index in [2.05, 4.69) is 10.2 Å². The fraction of sp³-hybridized carbons (Fsp3) is 0.643. The standard InChI is InChI=1S/C14H23N3O2/c1-11(9-15)14(18)16-10-12(13-5-4-8-19-13)17-6-2-3-7-17/h4-5,8,11-12H,2-3,6-7,9-10,15H2,1H3,(H,16,18). The van der Waals surface area contributed by atoms with Crippen molar-refractivity contribution in [2.45, 2.75) is 25.8 Å². The summed E-state index contributed by atoms with van der Waals surface area (Å²) in [5.74, 6) is 0.789. The van der Waals surface area contributed by atoms with Gasteiger partial charge in [-0.1, -0.05) is 6.92 Å². The third-order valence-corrected chi connectivity index (χ3v) is 3.72. The highest BCUT2D eigenvalue weighted by Crippen LogP contribution is 2.24. The van der Waals surface area contributed by atoms with Crippen molar-refractivity contribution in [3.8, 4) is 0 Å². The van der Waals surface area contributed by atoms with E-state index < -0.39 is 0 Å². The van der Waals surface area contributed by atoms with Crippen LogP contribution in [0.1, 0.15) is 31.6 Å². The molecule has 1 fully saturated rings. The van der Waals surface area contributed by atoms with E-state index in [-0.39, 0.29) is 17.9 Å². The van der Waals surface area contributed by atoms with Gasteiger partial charge in [0.05, 0.1) is 12.3 Å². The van der Waals surface area contributed by atoms with Gasteiger partial charge in [0.25, 0.3) is 0 Å². The molecule has 0 bridgehead atoms. The molecule has 19 heavy (non-hydrogen) atoms. The predicted octanol–water partition coefficient (Wildman–Crippen LogP) is 1.13. The molecule has 106 valence electrons. The Kier molecular flexibility index (Phi) is 4.99. The van der Waals surface area contributed by atoms with Gasteiger partial charge in [-0.2, -0.15) is 0 Å². The molecule has 2 heterocycles. The van der Waals surface area contributed by atoms with Crippen LogP contribution < -0.4 is 11.1 Å². The van der Waals surface area contributed by atoms with Crippen molar-refractivity contribution in [2.75, 3.05) is 26.2 Å². The SMILES string of the molecule is CC(CN)C(=O)NCC(c1ccco1)N1CCCC1. The van der Waals surface area contributed by atoms with Crippen LogP contribution >= 0.6 is 0 Å². The minimum atomic E-state index is -0.143. The molecule has 2 unspecified atom stereocenters. The summed E-state index contributed by atoms with van der Waals surface area (Å²) in [5, 5.41) is 2.98. The van der Waals surface area contributed by atoms with Gasteiger partial charge in [0, 0.05) is 19.0 Å². The molecule has 0 spiro atoms. The summed E-state index contributed by atoms with van der Waals surface area (Å²) in [6.07, 6.45) is 4.11. The van der Waals surface area contributed by atoms with Crippen molar-refractivity contribution < 1.29 is 9.21 Å².